The van der Waals surface area contributed by atoms with E-state index >= 15 is 0 Å². The highest BCUT2D eigenvalue weighted by Crippen LogP contribution is 2.28. The summed E-state index contributed by atoms with van der Waals surface area (Å²) < 4.78 is 37.6. The van der Waals surface area contributed by atoms with Gasteiger partial charge in [-0.1, -0.05) is 0 Å². The van der Waals surface area contributed by atoms with Crippen molar-refractivity contribution in [2.75, 3.05) is 6.54 Å². The summed E-state index contributed by atoms with van der Waals surface area (Å²) in [5.41, 5.74) is -0.703. The molecule has 2 rings (SSSR count). The molecule has 0 spiro atoms. The lowest BCUT2D eigenvalue weighted by molar-refractivity contribution is -0.141. The average molecular weight is 338 g/mol. The SMILES string of the molecule is Cc1nc(C(F)(F)F)ccc1C(=O)NC1CCNC(C)C1.Cl. The first kappa shape index (κ1) is 18.7. The Morgan fingerprint density at radius 2 is 2.09 bits per heavy atom. The van der Waals surface area contributed by atoms with E-state index in [0.717, 1.165) is 25.5 Å². The second-order valence-corrected chi connectivity index (χ2v) is 5.38. The zero-order valence-electron chi connectivity index (χ0n) is 12.3. The number of piperidine rings is 1. The van der Waals surface area contributed by atoms with Crippen LogP contribution >= 0.6 is 12.4 Å². The van der Waals surface area contributed by atoms with Crippen LogP contribution in [0, 0.1) is 6.92 Å². The van der Waals surface area contributed by atoms with Gasteiger partial charge in [0.15, 0.2) is 0 Å². The molecule has 2 atom stereocenters. The molecule has 8 heteroatoms. The molecule has 0 bridgehead atoms. The van der Waals surface area contributed by atoms with Crippen molar-refractivity contribution in [2.24, 2.45) is 0 Å². The monoisotopic (exact) mass is 337 g/mol. The quantitative estimate of drug-likeness (QED) is 0.872. The van der Waals surface area contributed by atoms with E-state index in [9.17, 15) is 18.0 Å². The van der Waals surface area contributed by atoms with Crippen molar-refractivity contribution in [3.63, 3.8) is 0 Å². The molecule has 2 heterocycles. The first-order valence-corrected chi connectivity index (χ1v) is 6.86. The summed E-state index contributed by atoms with van der Waals surface area (Å²) in [6.45, 7) is 4.26. The smallest absolute Gasteiger partial charge is 0.349 e. The molecular weight excluding hydrogens is 319 g/mol. The maximum Gasteiger partial charge on any atom is 0.433 e. The lowest BCUT2D eigenvalue weighted by Crippen LogP contribution is -2.46. The molecule has 0 aromatic carbocycles. The molecule has 0 aliphatic carbocycles. The Bertz CT molecular complexity index is 537. The predicted octanol–water partition coefficient (Wildman–Crippen LogP) is 2.70. The summed E-state index contributed by atoms with van der Waals surface area (Å²) >= 11 is 0. The first-order valence-electron chi connectivity index (χ1n) is 6.86. The molecule has 1 aromatic rings. The van der Waals surface area contributed by atoms with Crippen LogP contribution in [0.2, 0.25) is 0 Å². The number of carbonyl (C=O) groups excluding carboxylic acids is 1. The van der Waals surface area contributed by atoms with Gasteiger partial charge in [0.1, 0.15) is 5.69 Å². The summed E-state index contributed by atoms with van der Waals surface area (Å²) in [4.78, 5) is 15.6. The van der Waals surface area contributed by atoms with Crippen LogP contribution in [0.1, 0.15) is 41.5 Å². The van der Waals surface area contributed by atoms with Crippen LogP contribution in [0.4, 0.5) is 13.2 Å². The van der Waals surface area contributed by atoms with E-state index in [1.807, 2.05) is 6.92 Å². The van der Waals surface area contributed by atoms with Gasteiger partial charge in [0.05, 0.1) is 11.3 Å². The van der Waals surface area contributed by atoms with E-state index < -0.39 is 11.9 Å². The fraction of sp³-hybridized carbons (Fsp3) is 0.571. The Balaban J connectivity index is 0.00000242. The number of halogens is 4. The maximum atomic E-state index is 12.5. The third-order valence-corrected chi connectivity index (χ3v) is 3.58. The van der Waals surface area contributed by atoms with E-state index in [-0.39, 0.29) is 35.6 Å². The molecular formula is C14H19ClF3N3O. The minimum atomic E-state index is -4.50. The van der Waals surface area contributed by atoms with Crippen LogP contribution < -0.4 is 10.6 Å². The van der Waals surface area contributed by atoms with E-state index in [4.69, 9.17) is 0 Å². The zero-order valence-corrected chi connectivity index (χ0v) is 13.1. The Kier molecular flexibility index (Phi) is 6.19. The van der Waals surface area contributed by atoms with Crippen molar-refractivity contribution in [3.05, 3.63) is 29.1 Å². The van der Waals surface area contributed by atoms with Gasteiger partial charge >= 0.3 is 6.18 Å². The van der Waals surface area contributed by atoms with Crippen LogP contribution in [0.15, 0.2) is 12.1 Å². The number of nitrogens with one attached hydrogen (secondary N) is 2. The van der Waals surface area contributed by atoms with Crippen LogP contribution in [0.25, 0.3) is 0 Å². The standard InChI is InChI=1S/C14H18F3N3O.ClH/c1-8-7-10(5-6-18-8)20-13(21)11-3-4-12(14(15,16)17)19-9(11)2;/h3-4,8,10,18H,5-7H2,1-2H3,(H,20,21);1H. The minimum absolute atomic E-state index is 0. The Morgan fingerprint density at radius 1 is 1.41 bits per heavy atom. The topological polar surface area (TPSA) is 54.0 Å². The summed E-state index contributed by atoms with van der Waals surface area (Å²) in [5.74, 6) is -0.368. The third kappa shape index (κ3) is 4.58. The molecule has 124 valence electrons. The summed E-state index contributed by atoms with van der Waals surface area (Å²) in [5, 5.41) is 6.14. The normalized spacial score (nSPS) is 21.9. The number of rotatable bonds is 2. The highest BCUT2D eigenvalue weighted by molar-refractivity contribution is 5.95. The average Bonchev–Trinajstić information content (AvgIpc) is 2.37. The van der Waals surface area contributed by atoms with Gasteiger partial charge in [-0.05, 0) is 45.4 Å². The largest absolute Gasteiger partial charge is 0.433 e. The van der Waals surface area contributed by atoms with Gasteiger partial charge in [-0.15, -0.1) is 12.4 Å². The molecule has 1 aromatic heterocycles. The summed E-state index contributed by atoms with van der Waals surface area (Å²) in [6.07, 6.45) is -2.88. The summed E-state index contributed by atoms with van der Waals surface area (Å²) in [6, 6.07) is 2.38. The number of pyridine rings is 1. The lowest BCUT2D eigenvalue weighted by atomic mass is 10.00. The van der Waals surface area contributed by atoms with Crippen molar-refractivity contribution in [2.45, 2.75) is 44.9 Å². The van der Waals surface area contributed by atoms with Gasteiger partial charge in [-0.25, -0.2) is 4.98 Å². The van der Waals surface area contributed by atoms with Gasteiger partial charge in [0.25, 0.3) is 5.91 Å². The van der Waals surface area contributed by atoms with Gasteiger partial charge in [-0.2, -0.15) is 13.2 Å². The maximum absolute atomic E-state index is 12.5. The van der Waals surface area contributed by atoms with E-state index in [1.165, 1.54) is 13.0 Å². The Hall–Kier alpha value is -1.34. The highest BCUT2D eigenvalue weighted by atomic mass is 35.5. The number of aromatic nitrogens is 1. The fourth-order valence-electron chi connectivity index (χ4n) is 2.49. The second-order valence-electron chi connectivity index (χ2n) is 5.38. The molecule has 2 unspecified atom stereocenters. The van der Waals surface area contributed by atoms with Gasteiger partial charge in [0.2, 0.25) is 0 Å². The first-order chi connectivity index (χ1) is 9.77. The molecule has 4 nitrogen and oxygen atoms in total. The zero-order chi connectivity index (χ0) is 15.6. The molecule has 1 amide bonds. The van der Waals surface area contributed by atoms with Crippen LogP contribution in [0.3, 0.4) is 0 Å². The number of hydrogen-bond acceptors (Lipinski definition) is 3. The molecule has 1 aliphatic heterocycles. The van der Waals surface area contributed by atoms with Gasteiger partial charge < -0.3 is 10.6 Å². The molecule has 0 saturated carbocycles. The Labute approximate surface area is 133 Å². The molecule has 1 fully saturated rings. The predicted molar refractivity (Wildman–Crippen MR) is 79.2 cm³/mol. The molecule has 2 N–H and O–H groups in total. The second kappa shape index (κ2) is 7.28. The highest BCUT2D eigenvalue weighted by Gasteiger charge is 2.33. The van der Waals surface area contributed by atoms with Crippen molar-refractivity contribution in [1.29, 1.82) is 0 Å². The van der Waals surface area contributed by atoms with Crippen LogP contribution in [-0.2, 0) is 6.18 Å². The number of hydrogen-bond donors (Lipinski definition) is 2. The fourth-order valence-corrected chi connectivity index (χ4v) is 2.49. The lowest BCUT2D eigenvalue weighted by Gasteiger charge is -2.28. The van der Waals surface area contributed by atoms with E-state index in [1.54, 1.807) is 0 Å². The van der Waals surface area contributed by atoms with Gasteiger partial charge in [-0.3, -0.25) is 4.79 Å². The van der Waals surface area contributed by atoms with Crippen molar-refractivity contribution < 1.29 is 18.0 Å². The number of amides is 1. The van der Waals surface area contributed by atoms with Gasteiger partial charge in [0, 0.05) is 12.1 Å². The molecule has 0 radical (unpaired) electrons. The molecule has 1 aliphatic rings. The molecule has 22 heavy (non-hydrogen) atoms. The van der Waals surface area contributed by atoms with Crippen LogP contribution in [0.5, 0.6) is 0 Å². The third-order valence-electron chi connectivity index (χ3n) is 3.58. The number of aryl methyl sites for hydroxylation is 1. The van der Waals surface area contributed by atoms with E-state index in [0.29, 0.717) is 6.04 Å². The van der Waals surface area contributed by atoms with Crippen molar-refractivity contribution in [1.82, 2.24) is 15.6 Å². The molecule has 1 saturated heterocycles. The minimum Gasteiger partial charge on any atom is -0.349 e. The van der Waals surface area contributed by atoms with Crippen LogP contribution in [-0.4, -0.2) is 29.5 Å². The number of alkyl halides is 3. The van der Waals surface area contributed by atoms with E-state index in [2.05, 4.69) is 15.6 Å². The van der Waals surface area contributed by atoms with Crippen molar-refractivity contribution in [3.8, 4) is 0 Å². The number of carbonyl (C=O) groups is 1. The summed E-state index contributed by atoms with van der Waals surface area (Å²) in [7, 11) is 0. The Morgan fingerprint density at radius 3 is 2.64 bits per heavy atom. The number of nitrogens with zero attached hydrogens (tertiary/aromatic N) is 1. The van der Waals surface area contributed by atoms with Crippen molar-refractivity contribution >= 4 is 18.3 Å².